The summed E-state index contributed by atoms with van der Waals surface area (Å²) in [6, 6.07) is 6.77. The van der Waals surface area contributed by atoms with Crippen molar-refractivity contribution < 1.29 is 9.66 Å². The maximum absolute atomic E-state index is 11.0. The Bertz CT molecular complexity index is 482. The predicted octanol–water partition coefficient (Wildman–Crippen LogP) is 2.20. The van der Waals surface area contributed by atoms with Crippen LogP contribution in [0.5, 0.6) is 5.75 Å². The first-order valence-corrected chi connectivity index (χ1v) is 5.42. The van der Waals surface area contributed by atoms with Crippen LogP contribution in [0.3, 0.4) is 0 Å². The molecule has 0 radical (unpaired) electrons. The van der Waals surface area contributed by atoms with Crippen molar-refractivity contribution in [3.8, 4) is 11.8 Å². The normalized spacial score (nSPS) is 11.4. The number of nitro groups is 1. The molecule has 1 rings (SSSR count). The van der Waals surface area contributed by atoms with Crippen LogP contribution in [0.1, 0.15) is 6.92 Å². The summed E-state index contributed by atoms with van der Waals surface area (Å²) in [5, 5.41) is 19.8. The minimum Gasteiger partial charge on any atom is -0.496 e. The van der Waals surface area contributed by atoms with Gasteiger partial charge in [-0.1, -0.05) is 0 Å². The molecule has 1 unspecified atom stereocenters. The van der Waals surface area contributed by atoms with Crippen molar-refractivity contribution in [1.29, 1.82) is 5.26 Å². The molecule has 0 saturated carbocycles. The lowest BCUT2D eigenvalue weighted by atomic mass is 10.1. The predicted molar refractivity (Wildman–Crippen MR) is 67.7 cm³/mol. The monoisotopic (exact) mass is 249 g/mol. The fourth-order valence-electron chi connectivity index (χ4n) is 1.65. The molecular formula is C12H15N3O3. The molecule has 18 heavy (non-hydrogen) atoms. The highest BCUT2D eigenvalue weighted by molar-refractivity contribution is 5.65. The van der Waals surface area contributed by atoms with Crippen molar-refractivity contribution in [3.05, 3.63) is 28.3 Å². The number of nitro benzene ring substituents is 1. The summed E-state index contributed by atoms with van der Waals surface area (Å²) < 4.78 is 4.97. The van der Waals surface area contributed by atoms with E-state index in [0.29, 0.717) is 18.0 Å². The summed E-state index contributed by atoms with van der Waals surface area (Å²) in [6.07, 6.45) is 0. The van der Waals surface area contributed by atoms with E-state index in [1.165, 1.54) is 13.2 Å². The van der Waals surface area contributed by atoms with E-state index in [9.17, 15) is 10.1 Å². The van der Waals surface area contributed by atoms with Gasteiger partial charge in [0.2, 0.25) is 0 Å². The standard InChI is InChI=1S/C12H15N3O3/c1-9(7-13)8-14(2)11-5-4-10(18-3)6-12(11)15(16)17/h4-6,9H,8H2,1-3H3. The molecule has 0 N–H and O–H groups in total. The van der Waals surface area contributed by atoms with Gasteiger partial charge in [0.05, 0.1) is 30.1 Å². The van der Waals surface area contributed by atoms with Gasteiger partial charge in [-0.3, -0.25) is 10.1 Å². The Morgan fingerprint density at radius 3 is 2.78 bits per heavy atom. The molecule has 1 aromatic carbocycles. The topological polar surface area (TPSA) is 79.4 Å². The summed E-state index contributed by atoms with van der Waals surface area (Å²) in [4.78, 5) is 12.3. The Morgan fingerprint density at radius 2 is 2.28 bits per heavy atom. The van der Waals surface area contributed by atoms with E-state index in [2.05, 4.69) is 6.07 Å². The van der Waals surface area contributed by atoms with E-state index in [1.54, 1.807) is 31.0 Å². The van der Waals surface area contributed by atoms with E-state index in [-0.39, 0.29) is 11.6 Å². The van der Waals surface area contributed by atoms with Crippen LogP contribution in [-0.4, -0.2) is 25.6 Å². The molecule has 0 aliphatic carbocycles. The summed E-state index contributed by atoms with van der Waals surface area (Å²) in [6.45, 7) is 2.20. The molecule has 96 valence electrons. The first kappa shape index (κ1) is 13.8. The zero-order valence-corrected chi connectivity index (χ0v) is 10.6. The van der Waals surface area contributed by atoms with Crippen LogP contribution < -0.4 is 9.64 Å². The van der Waals surface area contributed by atoms with Crippen molar-refractivity contribution in [2.24, 2.45) is 5.92 Å². The van der Waals surface area contributed by atoms with Gasteiger partial charge in [0, 0.05) is 13.6 Å². The molecule has 0 bridgehead atoms. The Balaban J connectivity index is 3.08. The Labute approximate surface area is 106 Å². The highest BCUT2D eigenvalue weighted by atomic mass is 16.6. The lowest BCUT2D eigenvalue weighted by Crippen LogP contribution is -2.23. The molecule has 0 amide bonds. The van der Waals surface area contributed by atoms with Crippen LogP contribution >= 0.6 is 0 Å². The van der Waals surface area contributed by atoms with Gasteiger partial charge in [-0.2, -0.15) is 5.26 Å². The Kier molecular flexibility index (Phi) is 4.49. The SMILES string of the molecule is COc1ccc(N(C)CC(C)C#N)c([N+](=O)[O-])c1. The van der Waals surface area contributed by atoms with Crippen LogP contribution in [0, 0.1) is 27.4 Å². The second kappa shape index (κ2) is 5.87. The molecule has 0 spiro atoms. The largest absolute Gasteiger partial charge is 0.496 e. The number of hydrogen-bond acceptors (Lipinski definition) is 5. The maximum Gasteiger partial charge on any atom is 0.296 e. The average Bonchev–Trinajstić information content (AvgIpc) is 2.37. The Hall–Kier alpha value is -2.29. The number of anilines is 1. The number of methoxy groups -OCH3 is 1. The Morgan fingerprint density at radius 1 is 1.61 bits per heavy atom. The van der Waals surface area contributed by atoms with Gasteiger partial charge in [-0.15, -0.1) is 0 Å². The molecule has 1 aromatic rings. The maximum atomic E-state index is 11.0. The number of nitrogens with zero attached hydrogens (tertiary/aromatic N) is 3. The zero-order chi connectivity index (χ0) is 13.7. The van der Waals surface area contributed by atoms with Gasteiger partial charge in [-0.05, 0) is 19.1 Å². The van der Waals surface area contributed by atoms with Crippen molar-refractivity contribution in [2.45, 2.75) is 6.92 Å². The molecular weight excluding hydrogens is 234 g/mol. The second-order valence-electron chi connectivity index (χ2n) is 4.02. The van der Waals surface area contributed by atoms with Crippen LogP contribution in [0.2, 0.25) is 0 Å². The third kappa shape index (κ3) is 3.10. The van der Waals surface area contributed by atoms with Crippen molar-refractivity contribution in [1.82, 2.24) is 0 Å². The number of rotatable bonds is 5. The second-order valence-corrected chi connectivity index (χ2v) is 4.02. The van der Waals surface area contributed by atoms with Crippen LogP contribution in [0.4, 0.5) is 11.4 Å². The molecule has 0 fully saturated rings. The van der Waals surface area contributed by atoms with Crippen LogP contribution in [-0.2, 0) is 0 Å². The first-order valence-electron chi connectivity index (χ1n) is 5.42. The van der Waals surface area contributed by atoms with E-state index < -0.39 is 4.92 Å². The van der Waals surface area contributed by atoms with Crippen molar-refractivity contribution in [2.75, 3.05) is 25.6 Å². The van der Waals surface area contributed by atoms with Crippen LogP contribution in [0.25, 0.3) is 0 Å². The van der Waals surface area contributed by atoms with Crippen LogP contribution in [0.15, 0.2) is 18.2 Å². The summed E-state index contributed by atoms with van der Waals surface area (Å²) >= 11 is 0. The third-order valence-corrected chi connectivity index (χ3v) is 2.56. The number of nitriles is 1. The molecule has 0 aromatic heterocycles. The van der Waals surface area contributed by atoms with Gasteiger partial charge >= 0.3 is 0 Å². The molecule has 0 aliphatic heterocycles. The lowest BCUT2D eigenvalue weighted by Gasteiger charge is -2.20. The lowest BCUT2D eigenvalue weighted by molar-refractivity contribution is -0.384. The third-order valence-electron chi connectivity index (χ3n) is 2.56. The highest BCUT2D eigenvalue weighted by Crippen LogP contribution is 2.31. The fourth-order valence-corrected chi connectivity index (χ4v) is 1.65. The van der Waals surface area contributed by atoms with Gasteiger partial charge in [0.1, 0.15) is 11.4 Å². The van der Waals surface area contributed by atoms with Gasteiger partial charge < -0.3 is 9.64 Å². The number of benzene rings is 1. The summed E-state index contributed by atoms with van der Waals surface area (Å²) in [5.41, 5.74) is 0.449. The highest BCUT2D eigenvalue weighted by Gasteiger charge is 2.19. The minimum absolute atomic E-state index is 0.0259. The minimum atomic E-state index is -0.453. The summed E-state index contributed by atoms with van der Waals surface area (Å²) in [7, 11) is 3.18. The van der Waals surface area contributed by atoms with Crippen molar-refractivity contribution >= 4 is 11.4 Å². The van der Waals surface area contributed by atoms with E-state index in [1.807, 2.05) is 0 Å². The van der Waals surface area contributed by atoms with E-state index in [4.69, 9.17) is 10.00 Å². The molecule has 6 heteroatoms. The number of ether oxygens (including phenoxy) is 1. The molecule has 0 saturated heterocycles. The van der Waals surface area contributed by atoms with E-state index in [0.717, 1.165) is 0 Å². The molecule has 0 aliphatic rings. The molecule has 6 nitrogen and oxygen atoms in total. The smallest absolute Gasteiger partial charge is 0.296 e. The van der Waals surface area contributed by atoms with Gasteiger partial charge in [0.25, 0.3) is 5.69 Å². The zero-order valence-electron chi connectivity index (χ0n) is 10.6. The fraction of sp³-hybridized carbons (Fsp3) is 0.417. The van der Waals surface area contributed by atoms with Gasteiger partial charge in [0.15, 0.2) is 0 Å². The number of hydrogen-bond donors (Lipinski definition) is 0. The molecule has 0 heterocycles. The van der Waals surface area contributed by atoms with Crippen molar-refractivity contribution in [3.63, 3.8) is 0 Å². The van der Waals surface area contributed by atoms with E-state index >= 15 is 0 Å². The first-order chi connectivity index (χ1) is 8.49. The quantitative estimate of drug-likeness (QED) is 0.590. The molecule has 1 atom stereocenters. The summed E-state index contributed by atoms with van der Waals surface area (Å²) in [5.74, 6) is 0.240. The van der Waals surface area contributed by atoms with Gasteiger partial charge in [-0.25, -0.2) is 0 Å². The average molecular weight is 249 g/mol.